The Kier molecular flexibility index (Phi) is 6.07. The van der Waals surface area contributed by atoms with Crippen LogP contribution in [0.1, 0.15) is 44.1 Å². The van der Waals surface area contributed by atoms with E-state index in [0.29, 0.717) is 5.92 Å². The van der Waals surface area contributed by atoms with E-state index in [1.807, 2.05) is 6.08 Å². The molecule has 0 nitrogen and oxygen atoms in total. The Hall–Kier alpha value is -2.33. The SMILES string of the molecule is C=CCC[C@H]1CC[C@H](C#Cc2ccc(-c3ccc(F)cc3)cc2)CC1. The molecule has 0 radical (unpaired) electrons. The van der Waals surface area contributed by atoms with Crippen LogP contribution >= 0.6 is 0 Å². The summed E-state index contributed by atoms with van der Waals surface area (Å²) in [6, 6.07) is 14.8. The molecule has 128 valence electrons. The van der Waals surface area contributed by atoms with Crippen molar-refractivity contribution in [1.82, 2.24) is 0 Å². The van der Waals surface area contributed by atoms with Crippen molar-refractivity contribution >= 4 is 0 Å². The Bertz CT molecular complexity index is 735. The minimum atomic E-state index is -0.203. The van der Waals surface area contributed by atoms with E-state index >= 15 is 0 Å². The molecular weight excluding hydrogens is 307 g/mol. The van der Waals surface area contributed by atoms with Gasteiger partial charge in [0.15, 0.2) is 0 Å². The molecule has 0 heterocycles. The van der Waals surface area contributed by atoms with E-state index in [1.54, 1.807) is 12.1 Å². The second-order valence-corrected chi connectivity index (χ2v) is 6.94. The van der Waals surface area contributed by atoms with Crippen LogP contribution in [0.4, 0.5) is 4.39 Å². The van der Waals surface area contributed by atoms with Gasteiger partial charge in [0.2, 0.25) is 0 Å². The summed E-state index contributed by atoms with van der Waals surface area (Å²) >= 11 is 0. The number of hydrogen-bond donors (Lipinski definition) is 0. The maximum Gasteiger partial charge on any atom is 0.123 e. The zero-order valence-electron chi connectivity index (χ0n) is 14.7. The van der Waals surface area contributed by atoms with Crippen LogP contribution in [0.25, 0.3) is 11.1 Å². The summed E-state index contributed by atoms with van der Waals surface area (Å²) in [5.41, 5.74) is 3.17. The standard InChI is InChI=1S/C24H25F/c1-2-3-4-19-5-7-20(8-6-19)9-10-21-11-13-22(14-12-21)23-15-17-24(25)18-16-23/h2,11-20H,1,3-8H2/t19-,20-. The van der Waals surface area contributed by atoms with Gasteiger partial charge in [-0.15, -0.1) is 6.58 Å². The molecule has 1 aliphatic rings. The van der Waals surface area contributed by atoms with Crippen molar-refractivity contribution in [1.29, 1.82) is 0 Å². The van der Waals surface area contributed by atoms with Crippen LogP contribution < -0.4 is 0 Å². The third-order valence-corrected chi connectivity index (χ3v) is 5.11. The minimum absolute atomic E-state index is 0.203. The molecule has 0 aromatic heterocycles. The lowest BCUT2D eigenvalue weighted by Crippen LogP contribution is -2.13. The lowest BCUT2D eigenvalue weighted by Gasteiger charge is -2.25. The molecule has 0 bridgehead atoms. The van der Waals surface area contributed by atoms with Gasteiger partial charge in [-0.3, -0.25) is 0 Å². The Balaban J connectivity index is 1.57. The first kappa shape index (κ1) is 17.5. The number of hydrogen-bond acceptors (Lipinski definition) is 0. The summed E-state index contributed by atoms with van der Waals surface area (Å²) in [6.07, 6.45) is 9.51. The van der Waals surface area contributed by atoms with Crippen molar-refractivity contribution in [3.8, 4) is 23.0 Å². The zero-order valence-corrected chi connectivity index (χ0v) is 14.7. The molecule has 2 aromatic carbocycles. The first-order chi connectivity index (χ1) is 12.2. The van der Waals surface area contributed by atoms with Gasteiger partial charge in [-0.25, -0.2) is 4.39 Å². The van der Waals surface area contributed by atoms with Gasteiger partial charge in [-0.1, -0.05) is 42.2 Å². The third-order valence-electron chi connectivity index (χ3n) is 5.11. The molecule has 0 aliphatic heterocycles. The van der Waals surface area contributed by atoms with Gasteiger partial charge in [-0.2, -0.15) is 0 Å². The summed E-state index contributed by atoms with van der Waals surface area (Å²) in [7, 11) is 0. The minimum Gasteiger partial charge on any atom is -0.207 e. The maximum absolute atomic E-state index is 13.0. The summed E-state index contributed by atoms with van der Waals surface area (Å²) in [4.78, 5) is 0. The van der Waals surface area contributed by atoms with E-state index in [9.17, 15) is 4.39 Å². The normalized spacial score (nSPS) is 19.7. The van der Waals surface area contributed by atoms with Gasteiger partial charge in [0, 0.05) is 11.5 Å². The second-order valence-electron chi connectivity index (χ2n) is 6.94. The molecule has 1 fully saturated rings. The quantitative estimate of drug-likeness (QED) is 0.436. The molecule has 25 heavy (non-hydrogen) atoms. The highest BCUT2D eigenvalue weighted by Crippen LogP contribution is 2.31. The fourth-order valence-corrected chi connectivity index (χ4v) is 3.52. The molecule has 0 atom stereocenters. The van der Waals surface area contributed by atoms with Crippen molar-refractivity contribution in [3.63, 3.8) is 0 Å². The lowest BCUT2D eigenvalue weighted by atomic mass is 9.80. The molecule has 0 spiro atoms. The van der Waals surface area contributed by atoms with E-state index in [-0.39, 0.29) is 5.82 Å². The van der Waals surface area contributed by atoms with Crippen molar-refractivity contribution in [2.24, 2.45) is 11.8 Å². The van der Waals surface area contributed by atoms with E-state index in [4.69, 9.17) is 0 Å². The maximum atomic E-state index is 13.0. The van der Waals surface area contributed by atoms with Crippen LogP contribution in [0, 0.1) is 29.5 Å². The fourth-order valence-electron chi connectivity index (χ4n) is 3.52. The van der Waals surface area contributed by atoms with Crippen LogP contribution in [-0.4, -0.2) is 0 Å². The molecule has 0 amide bonds. The van der Waals surface area contributed by atoms with E-state index in [0.717, 1.165) is 29.0 Å². The highest BCUT2D eigenvalue weighted by Gasteiger charge is 2.18. The van der Waals surface area contributed by atoms with Gasteiger partial charge < -0.3 is 0 Å². The molecule has 0 unspecified atom stereocenters. The lowest BCUT2D eigenvalue weighted by molar-refractivity contribution is 0.303. The fraction of sp³-hybridized carbons (Fsp3) is 0.333. The van der Waals surface area contributed by atoms with Gasteiger partial charge in [-0.05, 0) is 79.8 Å². The smallest absolute Gasteiger partial charge is 0.123 e. The molecule has 0 saturated heterocycles. The first-order valence-electron chi connectivity index (χ1n) is 9.23. The van der Waals surface area contributed by atoms with Gasteiger partial charge >= 0.3 is 0 Å². The summed E-state index contributed by atoms with van der Waals surface area (Å²) in [5.74, 6) is 8.00. The van der Waals surface area contributed by atoms with E-state index < -0.39 is 0 Å². The zero-order chi connectivity index (χ0) is 17.5. The van der Waals surface area contributed by atoms with Crippen LogP contribution in [0.5, 0.6) is 0 Å². The van der Waals surface area contributed by atoms with Crippen LogP contribution in [0.3, 0.4) is 0 Å². The number of halogens is 1. The van der Waals surface area contributed by atoms with Crippen molar-refractivity contribution in [2.75, 3.05) is 0 Å². The summed E-state index contributed by atoms with van der Waals surface area (Å²) in [5, 5.41) is 0. The Morgan fingerprint density at radius 2 is 1.52 bits per heavy atom. The Morgan fingerprint density at radius 3 is 2.12 bits per heavy atom. The molecule has 1 heteroatoms. The third kappa shape index (κ3) is 5.07. The molecule has 2 aromatic rings. The number of benzene rings is 2. The average molecular weight is 332 g/mol. The topological polar surface area (TPSA) is 0 Å². The molecule has 3 rings (SSSR count). The molecule has 0 N–H and O–H groups in total. The predicted octanol–water partition coefficient (Wildman–Crippen LogP) is 6.62. The highest BCUT2D eigenvalue weighted by molar-refractivity contribution is 5.64. The van der Waals surface area contributed by atoms with Crippen LogP contribution in [0.2, 0.25) is 0 Å². The van der Waals surface area contributed by atoms with Crippen LogP contribution in [0.15, 0.2) is 61.2 Å². The van der Waals surface area contributed by atoms with Gasteiger partial charge in [0.05, 0.1) is 0 Å². The monoisotopic (exact) mass is 332 g/mol. The van der Waals surface area contributed by atoms with Crippen molar-refractivity contribution < 1.29 is 4.39 Å². The average Bonchev–Trinajstić information content (AvgIpc) is 2.67. The molecule has 1 saturated carbocycles. The highest BCUT2D eigenvalue weighted by atomic mass is 19.1. The molecule has 1 aliphatic carbocycles. The Labute approximate surface area is 150 Å². The van der Waals surface area contributed by atoms with Crippen LogP contribution in [-0.2, 0) is 0 Å². The van der Waals surface area contributed by atoms with Crippen molar-refractivity contribution in [3.05, 3.63) is 72.6 Å². The largest absolute Gasteiger partial charge is 0.207 e. The predicted molar refractivity (Wildman–Crippen MR) is 104 cm³/mol. The Morgan fingerprint density at radius 1 is 0.920 bits per heavy atom. The number of allylic oxidation sites excluding steroid dienone is 1. The summed E-state index contributed by atoms with van der Waals surface area (Å²) in [6.45, 7) is 3.81. The van der Waals surface area contributed by atoms with Gasteiger partial charge in [0.25, 0.3) is 0 Å². The number of rotatable bonds is 4. The van der Waals surface area contributed by atoms with E-state index in [2.05, 4.69) is 42.7 Å². The second kappa shape index (κ2) is 8.67. The van der Waals surface area contributed by atoms with E-state index in [1.165, 1.54) is 44.2 Å². The van der Waals surface area contributed by atoms with Crippen molar-refractivity contribution in [2.45, 2.75) is 38.5 Å². The first-order valence-corrected chi connectivity index (χ1v) is 9.23. The molecular formula is C24H25F. The summed E-state index contributed by atoms with van der Waals surface area (Å²) < 4.78 is 13.0. The van der Waals surface area contributed by atoms with Gasteiger partial charge in [0.1, 0.15) is 5.82 Å².